The van der Waals surface area contributed by atoms with Crippen molar-refractivity contribution in [3.63, 3.8) is 0 Å². The molecule has 22 heavy (non-hydrogen) atoms. The van der Waals surface area contributed by atoms with Crippen molar-refractivity contribution in [3.8, 4) is 5.75 Å². The average molecular weight is 299 g/mol. The van der Waals surface area contributed by atoms with Crippen molar-refractivity contribution in [1.82, 2.24) is 5.32 Å². The highest BCUT2D eigenvalue weighted by molar-refractivity contribution is 5.68. The first kappa shape index (κ1) is 15.9. The summed E-state index contributed by atoms with van der Waals surface area (Å²) in [5.41, 5.74) is 1.41. The number of hydrogen-bond acceptors (Lipinski definition) is 3. The zero-order valence-corrected chi connectivity index (χ0v) is 13.1. The molecule has 116 valence electrons. The standard InChI is InChI=1S/C18H21NO3/c1-18(2,15-9-11-16(21-3)12-10-15)19-17(20)22-13-14-7-5-4-6-8-14/h4-12H,13H2,1-3H3,(H,19,20). The van der Waals surface area contributed by atoms with E-state index in [-0.39, 0.29) is 6.61 Å². The average Bonchev–Trinajstić information content (AvgIpc) is 2.53. The molecule has 0 bridgehead atoms. The lowest BCUT2D eigenvalue weighted by Crippen LogP contribution is -2.41. The predicted octanol–water partition coefficient (Wildman–Crippen LogP) is 3.86. The van der Waals surface area contributed by atoms with Crippen molar-refractivity contribution in [1.29, 1.82) is 0 Å². The molecule has 0 spiro atoms. The molecule has 0 heterocycles. The van der Waals surface area contributed by atoms with Gasteiger partial charge in [-0.15, -0.1) is 0 Å². The molecule has 0 aliphatic rings. The lowest BCUT2D eigenvalue weighted by Gasteiger charge is -2.26. The second kappa shape index (κ2) is 6.98. The number of carbonyl (C=O) groups excluding carboxylic acids is 1. The van der Waals surface area contributed by atoms with E-state index in [1.807, 2.05) is 68.4 Å². The summed E-state index contributed by atoms with van der Waals surface area (Å²) in [5, 5.41) is 2.88. The fourth-order valence-electron chi connectivity index (χ4n) is 2.09. The van der Waals surface area contributed by atoms with E-state index in [0.717, 1.165) is 16.9 Å². The van der Waals surface area contributed by atoms with Gasteiger partial charge in [0.25, 0.3) is 0 Å². The number of ether oxygens (including phenoxy) is 2. The number of alkyl carbamates (subject to hydrolysis) is 1. The maximum Gasteiger partial charge on any atom is 0.408 e. The van der Waals surface area contributed by atoms with Gasteiger partial charge in [-0.05, 0) is 37.1 Å². The van der Waals surface area contributed by atoms with Crippen molar-refractivity contribution in [2.24, 2.45) is 0 Å². The molecule has 4 heteroatoms. The van der Waals surface area contributed by atoms with Crippen LogP contribution in [0, 0.1) is 0 Å². The highest BCUT2D eigenvalue weighted by Crippen LogP contribution is 2.22. The SMILES string of the molecule is COc1ccc(C(C)(C)NC(=O)OCc2ccccc2)cc1. The largest absolute Gasteiger partial charge is 0.497 e. The fourth-order valence-corrected chi connectivity index (χ4v) is 2.09. The molecule has 2 rings (SSSR count). The van der Waals surface area contributed by atoms with Gasteiger partial charge in [0.1, 0.15) is 12.4 Å². The van der Waals surface area contributed by atoms with Crippen LogP contribution in [-0.2, 0) is 16.9 Å². The Kier molecular flexibility index (Phi) is 5.04. The molecule has 0 saturated carbocycles. The molecule has 0 aliphatic heterocycles. The van der Waals surface area contributed by atoms with E-state index >= 15 is 0 Å². The summed E-state index contributed by atoms with van der Waals surface area (Å²) in [5.74, 6) is 0.784. The summed E-state index contributed by atoms with van der Waals surface area (Å²) in [6, 6.07) is 17.2. The quantitative estimate of drug-likeness (QED) is 0.912. The van der Waals surface area contributed by atoms with Crippen LogP contribution in [0.5, 0.6) is 5.75 Å². The third kappa shape index (κ3) is 4.25. The van der Waals surface area contributed by atoms with E-state index in [4.69, 9.17) is 9.47 Å². The van der Waals surface area contributed by atoms with E-state index in [1.165, 1.54) is 0 Å². The first-order valence-corrected chi connectivity index (χ1v) is 7.14. The Morgan fingerprint density at radius 3 is 2.27 bits per heavy atom. The van der Waals surface area contributed by atoms with Crippen molar-refractivity contribution in [3.05, 3.63) is 65.7 Å². The van der Waals surface area contributed by atoms with Crippen LogP contribution in [-0.4, -0.2) is 13.2 Å². The van der Waals surface area contributed by atoms with Crippen LogP contribution in [0.2, 0.25) is 0 Å². The molecule has 4 nitrogen and oxygen atoms in total. The van der Waals surface area contributed by atoms with Crippen LogP contribution in [0.25, 0.3) is 0 Å². The van der Waals surface area contributed by atoms with E-state index in [1.54, 1.807) is 7.11 Å². The Labute approximate surface area is 131 Å². The van der Waals surface area contributed by atoms with Gasteiger partial charge in [-0.25, -0.2) is 4.79 Å². The molecular formula is C18H21NO3. The monoisotopic (exact) mass is 299 g/mol. The van der Waals surface area contributed by atoms with Gasteiger partial charge in [-0.1, -0.05) is 42.5 Å². The molecule has 0 unspecified atom stereocenters. The van der Waals surface area contributed by atoms with Gasteiger partial charge in [0, 0.05) is 0 Å². The number of hydrogen-bond donors (Lipinski definition) is 1. The smallest absolute Gasteiger partial charge is 0.408 e. The second-order valence-electron chi connectivity index (χ2n) is 5.54. The Hall–Kier alpha value is -2.49. The van der Waals surface area contributed by atoms with Crippen molar-refractivity contribution in [2.75, 3.05) is 7.11 Å². The predicted molar refractivity (Wildman–Crippen MR) is 85.8 cm³/mol. The summed E-state index contributed by atoms with van der Waals surface area (Å²) in [4.78, 5) is 12.0. The van der Waals surface area contributed by atoms with Gasteiger partial charge in [0.15, 0.2) is 0 Å². The minimum absolute atomic E-state index is 0.255. The summed E-state index contributed by atoms with van der Waals surface area (Å²) in [7, 11) is 1.62. The maximum atomic E-state index is 12.0. The van der Waals surface area contributed by atoms with Gasteiger partial charge in [0.2, 0.25) is 0 Å². The molecule has 0 aromatic heterocycles. The first-order chi connectivity index (χ1) is 10.5. The van der Waals surface area contributed by atoms with Crippen LogP contribution in [0.4, 0.5) is 4.79 Å². The molecule has 0 atom stereocenters. The Morgan fingerprint density at radius 2 is 1.68 bits per heavy atom. The number of methoxy groups -OCH3 is 1. The number of amides is 1. The molecule has 0 radical (unpaired) electrons. The van der Waals surface area contributed by atoms with Crippen LogP contribution in [0.3, 0.4) is 0 Å². The number of benzene rings is 2. The zero-order valence-electron chi connectivity index (χ0n) is 13.1. The lowest BCUT2D eigenvalue weighted by atomic mass is 9.94. The number of rotatable bonds is 5. The molecule has 2 aromatic rings. The summed E-state index contributed by atoms with van der Waals surface area (Å²) in [6.45, 7) is 4.11. The normalized spacial score (nSPS) is 10.9. The van der Waals surface area contributed by atoms with E-state index < -0.39 is 11.6 Å². The Balaban J connectivity index is 1.93. The molecular weight excluding hydrogens is 278 g/mol. The third-order valence-corrected chi connectivity index (χ3v) is 3.44. The van der Waals surface area contributed by atoms with Crippen LogP contribution in [0.15, 0.2) is 54.6 Å². The molecule has 0 fully saturated rings. The molecule has 0 aliphatic carbocycles. The minimum Gasteiger partial charge on any atom is -0.497 e. The second-order valence-corrected chi connectivity index (χ2v) is 5.54. The van der Waals surface area contributed by atoms with Gasteiger partial charge in [0.05, 0.1) is 12.6 Å². The third-order valence-electron chi connectivity index (χ3n) is 3.44. The van der Waals surface area contributed by atoms with Crippen LogP contribution in [0.1, 0.15) is 25.0 Å². The highest BCUT2D eigenvalue weighted by atomic mass is 16.5. The Morgan fingerprint density at radius 1 is 1.05 bits per heavy atom. The summed E-state index contributed by atoms with van der Waals surface area (Å²) < 4.78 is 10.4. The fraction of sp³-hybridized carbons (Fsp3) is 0.278. The summed E-state index contributed by atoms with van der Waals surface area (Å²) in [6.07, 6.45) is -0.440. The lowest BCUT2D eigenvalue weighted by molar-refractivity contribution is 0.129. The molecule has 0 saturated heterocycles. The van der Waals surface area contributed by atoms with Crippen molar-refractivity contribution < 1.29 is 14.3 Å². The molecule has 1 N–H and O–H groups in total. The maximum absolute atomic E-state index is 12.0. The zero-order chi connectivity index (χ0) is 16.0. The van der Waals surface area contributed by atoms with Gasteiger partial charge >= 0.3 is 6.09 Å². The minimum atomic E-state index is -0.528. The van der Waals surface area contributed by atoms with Crippen molar-refractivity contribution >= 4 is 6.09 Å². The number of carbonyl (C=O) groups is 1. The van der Waals surface area contributed by atoms with E-state index in [0.29, 0.717) is 0 Å². The summed E-state index contributed by atoms with van der Waals surface area (Å²) >= 11 is 0. The topological polar surface area (TPSA) is 47.6 Å². The van der Waals surface area contributed by atoms with Gasteiger partial charge < -0.3 is 14.8 Å². The van der Waals surface area contributed by atoms with Gasteiger partial charge in [-0.3, -0.25) is 0 Å². The first-order valence-electron chi connectivity index (χ1n) is 7.14. The van der Waals surface area contributed by atoms with Crippen LogP contribution < -0.4 is 10.1 Å². The molecule has 1 amide bonds. The Bertz CT molecular complexity index is 606. The number of nitrogens with one attached hydrogen (secondary N) is 1. The van der Waals surface area contributed by atoms with Gasteiger partial charge in [-0.2, -0.15) is 0 Å². The van der Waals surface area contributed by atoms with Crippen LogP contribution >= 0.6 is 0 Å². The van der Waals surface area contributed by atoms with E-state index in [9.17, 15) is 4.79 Å². The highest BCUT2D eigenvalue weighted by Gasteiger charge is 2.23. The molecule has 2 aromatic carbocycles. The van der Waals surface area contributed by atoms with E-state index in [2.05, 4.69) is 5.32 Å². The van der Waals surface area contributed by atoms with Crippen molar-refractivity contribution in [2.45, 2.75) is 26.0 Å².